The fourth-order valence-electron chi connectivity index (χ4n) is 8.21. The van der Waals surface area contributed by atoms with E-state index >= 15 is 0 Å². The van der Waals surface area contributed by atoms with E-state index in [0.29, 0.717) is 0 Å². The molecule has 9 aromatic carbocycles. The van der Waals surface area contributed by atoms with Gasteiger partial charge in [-0.2, -0.15) is 0 Å². The summed E-state index contributed by atoms with van der Waals surface area (Å²) in [5, 5.41) is 7.29. The first kappa shape index (κ1) is 31.6. The van der Waals surface area contributed by atoms with Crippen molar-refractivity contribution in [3.8, 4) is 33.4 Å². The molecule has 2 nitrogen and oxygen atoms in total. The third-order valence-corrected chi connectivity index (χ3v) is 12.0. The predicted molar refractivity (Wildman–Crippen MR) is 235 cm³/mol. The maximum atomic E-state index is 6.24. The first-order valence-corrected chi connectivity index (χ1v) is 19.5. The lowest BCUT2D eigenvalue weighted by Gasteiger charge is -2.29. The molecule has 0 aliphatic rings. The molecule has 2 heterocycles. The van der Waals surface area contributed by atoms with Crippen molar-refractivity contribution in [2.75, 3.05) is 4.90 Å². The Labute approximate surface area is 322 Å². The second-order valence-electron chi connectivity index (χ2n) is 14.1. The maximum absolute atomic E-state index is 6.24. The quantitative estimate of drug-likeness (QED) is 0.170. The van der Waals surface area contributed by atoms with Crippen LogP contribution in [-0.4, -0.2) is 0 Å². The summed E-state index contributed by atoms with van der Waals surface area (Å²) in [6, 6.07) is 72.4. The van der Waals surface area contributed by atoms with Crippen LogP contribution in [0.25, 0.3) is 86.3 Å². The van der Waals surface area contributed by atoms with Crippen LogP contribution in [-0.2, 0) is 0 Å². The van der Waals surface area contributed by atoms with Gasteiger partial charge in [0.2, 0.25) is 0 Å². The minimum Gasteiger partial charge on any atom is -0.456 e. The summed E-state index contributed by atoms with van der Waals surface area (Å²) in [5.74, 6) is 0. The molecule has 258 valence electrons. The van der Waals surface area contributed by atoms with Gasteiger partial charge in [-0.3, -0.25) is 0 Å². The van der Waals surface area contributed by atoms with Gasteiger partial charge in [-0.1, -0.05) is 140 Å². The molecule has 0 unspecified atom stereocenters. The Morgan fingerprint density at radius 3 is 1.89 bits per heavy atom. The molecular formula is C52H33NOS. The van der Waals surface area contributed by atoms with E-state index in [1.165, 1.54) is 53.2 Å². The summed E-state index contributed by atoms with van der Waals surface area (Å²) in [5.41, 5.74) is 12.2. The zero-order valence-electron chi connectivity index (χ0n) is 29.8. The number of furan rings is 1. The van der Waals surface area contributed by atoms with Crippen LogP contribution >= 0.6 is 11.3 Å². The van der Waals surface area contributed by atoms with E-state index in [1.54, 1.807) is 0 Å². The molecular weight excluding hydrogens is 687 g/mol. The average molecular weight is 720 g/mol. The van der Waals surface area contributed by atoms with E-state index in [9.17, 15) is 0 Å². The molecule has 0 atom stereocenters. The van der Waals surface area contributed by atoms with Crippen LogP contribution in [0.1, 0.15) is 0 Å². The first-order chi connectivity index (χ1) is 27.2. The van der Waals surface area contributed by atoms with Crippen LogP contribution in [0.2, 0.25) is 0 Å². The summed E-state index contributed by atoms with van der Waals surface area (Å²) in [6.45, 7) is 0. The van der Waals surface area contributed by atoms with E-state index < -0.39 is 0 Å². The lowest BCUT2D eigenvalue weighted by Crippen LogP contribution is -2.11. The average Bonchev–Trinajstić information content (AvgIpc) is 3.83. The molecule has 0 aliphatic carbocycles. The molecule has 11 aromatic rings. The van der Waals surface area contributed by atoms with Gasteiger partial charge in [-0.25, -0.2) is 0 Å². The topological polar surface area (TPSA) is 16.4 Å². The maximum Gasteiger partial charge on any atom is 0.135 e. The molecule has 0 saturated heterocycles. The fourth-order valence-corrected chi connectivity index (χ4v) is 9.33. The second-order valence-corrected chi connectivity index (χ2v) is 15.2. The summed E-state index contributed by atoms with van der Waals surface area (Å²) in [7, 11) is 0. The van der Waals surface area contributed by atoms with Gasteiger partial charge >= 0.3 is 0 Å². The third-order valence-electron chi connectivity index (χ3n) is 10.9. The van der Waals surface area contributed by atoms with E-state index in [0.717, 1.165) is 50.1 Å². The Bertz CT molecular complexity index is 3220. The van der Waals surface area contributed by atoms with Crippen molar-refractivity contribution >= 4 is 81.3 Å². The number of rotatable bonds is 6. The predicted octanol–water partition coefficient (Wildman–Crippen LogP) is 15.6. The van der Waals surface area contributed by atoms with Gasteiger partial charge in [0, 0.05) is 42.2 Å². The highest BCUT2D eigenvalue weighted by Crippen LogP contribution is 2.48. The lowest BCUT2D eigenvalue weighted by atomic mass is 9.97. The Morgan fingerprint density at radius 1 is 0.364 bits per heavy atom. The third kappa shape index (κ3) is 5.40. The molecule has 0 bridgehead atoms. The Hall–Kier alpha value is -6.94. The van der Waals surface area contributed by atoms with Crippen molar-refractivity contribution in [2.24, 2.45) is 0 Å². The SMILES string of the molecule is c1cc(-c2ccc(-c3ccc4ccccc4c3)cc2)cc(N(c2ccccc2-c2ccc3oc4ccccc4c3c2)c2cccc3sc4ccccc4c23)c1. The van der Waals surface area contributed by atoms with Crippen molar-refractivity contribution < 1.29 is 4.42 Å². The highest BCUT2D eigenvalue weighted by atomic mass is 32.1. The smallest absolute Gasteiger partial charge is 0.135 e. The van der Waals surface area contributed by atoms with Gasteiger partial charge in [0.05, 0.1) is 11.4 Å². The normalized spacial score (nSPS) is 11.6. The molecule has 0 radical (unpaired) electrons. The van der Waals surface area contributed by atoms with E-state index in [4.69, 9.17) is 4.42 Å². The number of hydrogen-bond donors (Lipinski definition) is 0. The Morgan fingerprint density at radius 2 is 1.00 bits per heavy atom. The van der Waals surface area contributed by atoms with E-state index in [-0.39, 0.29) is 0 Å². The number of benzene rings is 9. The molecule has 0 amide bonds. The monoisotopic (exact) mass is 719 g/mol. The molecule has 0 N–H and O–H groups in total. The van der Waals surface area contributed by atoms with Crippen molar-refractivity contribution in [3.63, 3.8) is 0 Å². The highest BCUT2D eigenvalue weighted by Gasteiger charge is 2.22. The number of fused-ring (bicyclic) bond motifs is 7. The van der Waals surface area contributed by atoms with Crippen molar-refractivity contribution in [2.45, 2.75) is 0 Å². The van der Waals surface area contributed by atoms with E-state index in [1.807, 2.05) is 23.5 Å². The van der Waals surface area contributed by atoms with Crippen LogP contribution < -0.4 is 4.90 Å². The van der Waals surface area contributed by atoms with Gasteiger partial charge in [0.15, 0.2) is 0 Å². The second kappa shape index (κ2) is 12.9. The number of nitrogens with zero attached hydrogens (tertiary/aromatic N) is 1. The van der Waals surface area contributed by atoms with Crippen molar-refractivity contribution in [1.29, 1.82) is 0 Å². The lowest BCUT2D eigenvalue weighted by molar-refractivity contribution is 0.669. The van der Waals surface area contributed by atoms with Crippen LogP contribution in [0.5, 0.6) is 0 Å². The minimum absolute atomic E-state index is 0.896. The number of thiophene rings is 1. The molecule has 0 aliphatic heterocycles. The molecule has 0 spiro atoms. The summed E-state index contributed by atoms with van der Waals surface area (Å²) < 4.78 is 8.79. The van der Waals surface area contributed by atoms with Crippen molar-refractivity contribution in [1.82, 2.24) is 0 Å². The van der Waals surface area contributed by atoms with Crippen molar-refractivity contribution in [3.05, 3.63) is 200 Å². The molecule has 0 fully saturated rings. The number of para-hydroxylation sites is 2. The van der Waals surface area contributed by atoms with Crippen LogP contribution in [0, 0.1) is 0 Å². The highest BCUT2D eigenvalue weighted by molar-refractivity contribution is 7.26. The molecule has 3 heteroatoms. The largest absolute Gasteiger partial charge is 0.456 e. The number of anilines is 3. The van der Waals surface area contributed by atoms with Crippen LogP contribution in [0.3, 0.4) is 0 Å². The van der Waals surface area contributed by atoms with E-state index in [2.05, 4.69) is 193 Å². The van der Waals surface area contributed by atoms with Crippen LogP contribution in [0.15, 0.2) is 205 Å². The summed E-state index contributed by atoms with van der Waals surface area (Å²) >= 11 is 1.85. The Balaban J connectivity index is 1.08. The standard InChI is InChI=1S/C52H33NOS/c1-2-12-37-31-39(28-27-34(37)11-1)36-25-23-35(24-26-36)38-13-9-14-41(32-38)53(47-19-10-22-51-52(47)44-17-5-8-21-50(44)55-51)46-18-6-3-15-42(46)40-29-30-49-45(33-40)43-16-4-7-20-48(43)54-49/h1-33H. The summed E-state index contributed by atoms with van der Waals surface area (Å²) in [4.78, 5) is 2.46. The van der Waals surface area contributed by atoms with Gasteiger partial charge in [-0.15, -0.1) is 11.3 Å². The molecule has 55 heavy (non-hydrogen) atoms. The molecule has 0 saturated carbocycles. The summed E-state index contributed by atoms with van der Waals surface area (Å²) in [6.07, 6.45) is 0. The molecule has 2 aromatic heterocycles. The van der Waals surface area contributed by atoms with Gasteiger partial charge in [-0.05, 0) is 99.3 Å². The van der Waals surface area contributed by atoms with Gasteiger partial charge in [0.1, 0.15) is 11.2 Å². The fraction of sp³-hybridized carbons (Fsp3) is 0. The minimum atomic E-state index is 0.896. The molecule has 11 rings (SSSR count). The van der Waals surface area contributed by atoms with Crippen LogP contribution in [0.4, 0.5) is 17.1 Å². The zero-order valence-corrected chi connectivity index (χ0v) is 30.6. The zero-order chi connectivity index (χ0) is 36.3. The van der Waals surface area contributed by atoms with Gasteiger partial charge < -0.3 is 9.32 Å². The van der Waals surface area contributed by atoms with Gasteiger partial charge in [0.25, 0.3) is 0 Å². The first-order valence-electron chi connectivity index (χ1n) is 18.7. The Kier molecular flexibility index (Phi) is 7.39. The number of hydrogen-bond acceptors (Lipinski definition) is 3.